The number of Topliss-reactive ketones (excluding diaryl/α,β-unsaturated/α-hetero) is 2. The maximum atomic E-state index is 12.3. The fourth-order valence-corrected chi connectivity index (χ4v) is 5.00. The van der Waals surface area contributed by atoms with Crippen LogP contribution in [0.3, 0.4) is 0 Å². The Labute approximate surface area is 186 Å². The molecule has 0 unspecified atom stereocenters. The molecule has 0 bridgehead atoms. The molecule has 2 aromatic carbocycles. The average molecular weight is 413 g/mol. The van der Waals surface area contributed by atoms with Gasteiger partial charge in [-0.1, -0.05) is 76.8 Å². The van der Waals surface area contributed by atoms with Gasteiger partial charge in [-0.25, -0.2) is 0 Å². The molecule has 1 fully saturated rings. The van der Waals surface area contributed by atoms with E-state index in [1.807, 2.05) is 24.3 Å². The summed E-state index contributed by atoms with van der Waals surface area (Å²) in [4.78, 5) is 24.6. The Hall–Kier alpha value is -2.74. The number of carbonyl (C=O) groups is 2. The Kier molecular flexibility index (Phi) is 5.16. The van der Waals surface area contributed by atoms with Crippen molar-refractivity contribution >= 4 is 17.1 Å². The van der Waals surface area contributed by atoms with Crippen LogP contribution in [0.15, 0.2) is 55.1 Å². The van der Waals surface area contributed by atoms with Crippen LogP contribution in [0.4, 0.5) is 0 Å². The van der Waals surface area contributed by atoms with Crippen LogP contribution in [-0.4, -0.2) is 11.6 Å². The summed E-state index contributed by atoms with van der Waals surface area (Å²) < 4.78 is 0. The van der Waals surface area contributed by atoms with Gasteiger partial charge in [0.15, 0.2) is 0 Å². The molecule has 0 N–H and O–H groups in total. The van der Waals surface area contributed by atoms with Crippen molar-refractivity contribution in [2.45, 2.75) is 70.6 Å². The molecule has 0 aliphatic heterocycles. The van der Waals surface area contributed by atoms with Gasteiger partial charge in [-0.15, -0.1) is 0 Å². The van der Waals surface area contributed by atoms with Crippen LogP contribution in [-0.2, 0) is 20.4 Å². The third kappa shape index (κ3) is 3.73. The van der Waals surface area contributed by atoms with Crippen LogP contribution in [0.25, 0.3) is 5.57 Å². The summed E-state index contributed by atoms with van der Waals surface area (Å²) in [6, 6.07) is 12.5. The molecule has 2 nitrogen and oxygen atoms in total. The topological polar surface area (TPSA) is 34.1 Å². The molecule has 0 spiro atoms. The first kappa shape index (κ1) is 21.5. The molecule has 4 rings (SSSR count). The van der Waals surface area contributed by atoms with E-state index in [9.17, 15) is 9.59 Å². The Morgan fingerprint density at radius 3 is 1.94 bits per heavy atom. The first-order valence-corrected chi connectivity index (χ1v) is 11.2. The molecule has 0 radical (unpaired) electrons. The number of ketones is 2. The minimum atomic E-state index is -0.587. The summed E-state index contributed by atoms with van der Waals surface area (Å²) >= 11 is 0. The number of fused-ring (bicyclic) bond motifs is 1. The van der Waals surface area contributed by atoms with Crippen molar-refractivity contribution in [1.82, 2.24) is 0 Å². The highest BCUT2D eigenvalue weighted by atomic mass is 16.2. The maximum Gasteiger partial charge on any atom is 0.147 e. The minimum Gasteiger partial charge on any atom is -0.299 e. The van der Waals surface area contributed by atoms with E-state index in [2.05, 4.69) is 65.5 Å². The normalized spacial score (nSPS) is 19.9. The first-order chi connectivity index (χ1) is 14.5. The van der Waals surface area contributed by atoms with E-state index >= 15 is 0 Å². The number of hydrogen-bond donors (Lipinski definition) is 0. The Morgan fingerprint density at radius 1 is 0.871 bits per heavy atom. The predicted octanol–water partition coefficient (Wildman–Crippen LogP) is 6.59. The number of hydrogen-bond acceptors (Lipinski definition) is 2. The van der Waals surface area contributed by atoms with Gasteiger partial charge in [-0.2, -0.15) is 0 Å². The summed E-state index contributed by atoms with van der Waals surface area (Å²) in [6.07, 6.45) is 6.31. The van der Waals surface area contributed by atoms with Crippen molar-refractivity contribution in [3.8, 4) is 0 Å². The van der Waals surface area contributed by atoms with Crippen molar-refractivity contribution in [2.24, 2.45) is 0 Å². The van der Waals surface area contributed by atoms with E-state index in [1.54, 1.807) is 0 Å². The van der Waals surface area contributed by atoms with Crippen molar-refractivity contribution in [2.75, 3.05) is 0 Å². The summed E-state index contributed by atoms with van der Waals surface area (Å²) in [5, 5.41) is 0. The quantitative estimate of drug-likeness (QED) is 0.421. The SMILES string of the molecule is C=C(c1ccc(C2C(=O)CCCC2=O)cc1)c1cc2c(cc1C)C(C)(C)C=CC2(C)C. The zero-order chi connectivity index (χ0) is 22.6. The van der Waals surface area contributed by atoms with E-state index in [0.717, 1.165) is 22.3 Å². The molecule has 0 aromatic heterocycles. The largest absolute Gasteiger partial charge is 0.299 e. The summed E-state index contributed by atoms with van der Waals surface area (Å²) in [5.41, 5.74) is 7.86. The smallest absolute Gasteiger partial charge is 0.147 e. The molecule has 2 aliphatic rings. The van der Waals surface area contributed by atoms with Crippen molar-refractivity contribution in [3.63, 3.8) is 0 Å². The third-order valence-electron chi connectivity index (χ3n) is 7.08. The summed E-state index contributed by atoms with van der Waals surface area (Å²) in [5.74, 6) is -0.492. The van der Waals surface area contributed by atoms with E-state index in [4.69, 9.17) is 0 Å². The van der Waals surface area contributed by atoms with E-state index in [1.165, 1.54) is 16.7 Å². The molecule has 0 saturated heterocycles. The van der Waals surface area contributed by atoms with Crippen LogP contribution < -0.4 is 0 Å². The van der Waals surface area contributed by atoms with E-state index in [0.29, 0.717) is 19.3 Å². The van der Waals surface area contributed by atoms with Crippen LogP contribution in [0, 0.1) is 6.92 Å². The summed E-state index contributed by atoms with van der Waals surface area (Å²) in [7, 11) is 0. The molecular weight excluding hydrogens is 380 g/mol. The molecule has 160 valence electrons. The number of allylic oxidation sites excluding steroid dienone is 2. The standard InChI is InChI=1S/C29H32O2/c1-18-16-23-24(29(5,6)15-14-28(23,3)4)17-22(18)19(2)20-10-12-21(13-11-20)27-25(30)8-7-9-26(27)31/h10-17,27H,2,7-9H2,1,3-6H3. The van der Waals surface area contributed by atoms with Gasteiger partial charge in [-0.05, 0) is 58.4 Å². The average Bonchev–Trinajstić information content (AvgIpc) is 2.71. The zero-order valence-electron chi connectivity index (χ0n) is 19.3. The molecule has 0 amide bonds. The lowest BCUT2D eigenvalue weighted by Crippen LogP contribution is -2.29. The molecule has 0 atom stereocenters. The van der Waals surface area contributed by atoms with Gasteiger partial charge in [0.2, 0.25) is 0 Å². The van der Waals surface area contributed by atoms with Gasteiger partial charge >= 0.3 is 0 Å². The molecule has 2 aromatic rings. The monoisotopic (exact) mass is 412 g/mol. The minimum absolute atomic E-state index is 0.0101. The number of rotatable bonds is 3. The molecule has 2 heteroatoms. The Morgan fingerprint density at radius 2 is 1.39 bits per heavy atom. The molecule has 31 heavy (non-hydrogen) atoms. The van der Waals surface area contributed by atoms with Crippen molar-refractivity contribution in [1.29, 1.82) is 0 Å². The second kappa shape index (κ2) is 7.44. The predicted molar refractivity (Wildman–Crippen MR) is 128 cm³/mol. The van der Waals surface area contributed by atoms with Gasteiger partial charge in [0.05, 0.1) is 0 Å². The lowest BCUT2D eigenvalue weighted by atomic mass is 9.67. The second-order valence-electron chi connectivity index (χ2n) is 10.3. The van der Waals surface area contributed by atoms with Crippen LogP contribution in [0.5, 0.6) is 0 Å². The lowest BCUT2D eigenvalue weighted by Gasteiger charge is -2.37. The highest BCUT2D eigenvalue weighted by molar-refractivity contribution is 6.09. The molecule has 2 aliphatic carbocycles. The fourth-order valence-electron chi connectivity index (χ4n) is 5.00. The number of benzene rings is 2. The van der Waals surface area contributed by atoms with Crippen LogP contribution in [0.2, 0.25) is 0 Å². The third-order valence-corrected chi connectivity index (χ3v) is 7.08. The fraction of sp³-hybridized carbons (Fsp3) is 0.379. The number of carbonyl (C=O) groups excluding carboxylic acids is 2. The molecule has 1 saturated carbocycles. The first-order valence-electron chi connectivity index (χ1n) is 11.2. The zero-order valence-corrected chi connectivity index (χ0v) is 19.3. The van der Waals surface area contributed by atoms with Crippen LogP contribution >= 0.6 is 0 Å². The highest BCUT2D eigenvalue weighted by Crippen LogP contribution is 2.43. The van der Waals surface area contributed by atoms with Gasteiger partial charge in [0.25, 0.3) is 0 Å². The van der Waals surface area contributed by atoms with Crippen LogP contribution in [0.1, 0.15) is 86.3 Å². The van der Waals surface area contributed by atoms with Crippen molar-refractivity contribution in [3.05, 3.63) is 88.5 Å². The molecule has 0 heterocycles. The van der Waals surface area contributed by atoms with Gasteiger partial charge in [0.1, 0.15) is 17.5 Å². The van der Waals surface area contributed by atoms with Crippen molar-refractivity contribution < 1.29 is 9.59 Å². The van der Waals surface area contributed by atoms with E-state index < -0.39 is 5.92 Å². The molecular formula is C29H32O2. The highest BCUT2D eigenvalue weighted by Gasteiger charge is 2.34. The lowest BCUT2D eigenvalue weighted by molar-refractivity contribution is -0.131. The summed E-state index contributed by atoms with van der Waals surface area (Å²) in [6.45, 7) is 15.6. The Bertz CT molecular complexity index is 1090. The van der Waals surface area contributed by atoms with Gasteiger partial charge < -0.3 is 0 Å². The second-order valence-corrected chi connectivity index (χ2v) is 10.3. The van der Waals surface area contributed by atoms with E-state index in [-0.39, 0.29) is 22.4 Å². The Balaban J connectivity index is 1.70. The van der Waals surface area contributed by atoms with Gasteiger partial charge in [0, 0.05) is 23.7 Å². The maximum absolute atomic E-state index is 12.3. The number of aryl methyl sites for hydroxylation is 1. The van der Waals surface area contributed by atoms with Gasteiger partial charge in [-0.3, -0.25) is 9.59 Å².